The lowest BCUT2D eigenvalue weighted by Crippen LogP contribution is -2.36. The normalized spacial score (nSPS) is 31.0. The minimum absolute atomic E-state index is 0.448. The van der Waals surface area contributed by atoms with Gasteiger partial charge in [-0.1, -0.05) is 66.5 Å². The highest BCUT2D eigenvalue weighted by molar-refractivity contribution is 5.27. The SMILES string of the molecule is CCc1ccc(CC2CCC(C3CCC(C)CC3CC(C)(CC)C(C)C)CC2)c(F)c1F. The molecule has 4 atom stereocenters. The molecule has 4 unspecified atom stereocenters. The van der Waals surface area contributed by atoms with Crippen molar-refractivity contribution in [3.05, 3.63) is 34.9 Å². The maximum atomic E-state index is 14.5. The van der Waals surface area contributed by atoms with E-state index in [0.29, 0.717) is 35.3 Å². The topological polar surface area (TPSA) is 0 Å². The van der Waals surface area contributed by atoms with Crippen LogP contribution in [-0.2, 0) is 12.8 Å². The molecule has 2 heteroatoms. The van der Waals surface area contributed by atoms with Crippen molar-refractivity contribution in [2.24, 2.45) is 40.9 Å². The quantitative estimate of drug-likeness (QED) is 0.373. The lowest BCUT2D eigenvalue weighted by atomic mass is 9.59. The number of rotatable bonds is 8. The lowest BCUT2D eigenvalue weighted by molar-refractivity contribution is 0.0418. The third kappa shape index (κ3) is 5.76. The van der Waals surface area contributed by atoms with Crippen LogP contribution in [0.25, 0.3) is 0 Å². The Kier molecular flexibility index (Phi) is 8.84. The number of halogens is 2. The molecule has 2 fully saturated rings. The highest BCUT2D eigenvalue weighted by atomic mass is 19.2. The average molecular weight is 447 g/mol. The van der Waals surface area contributed by atoms with Gasteiger partial charge in [-0.25, -0.2) is 8.78 Å². The molecule has 2 aliphatic rings. The zero-order valence-corrected chi connectivity index (χ0v) is 21.7. The molecular formula is C30H48F2. The van der Waals surface area contributed by atoms with Gasteiger partial charge in [0.15, 0.2) is 11.6 Å². The number of hydrogen-bond donors (Lipinski definition) is 0. The molecule has 2 saturated carbocycles. The van der Waals surface area contributed by atoms with E-state index in [-0.39, 0.29) is 0 Å². The summed E-state index contributed by atoms with van der Waals surface area (Å²) in [4.78, 5) is 0. The third-order valence-electron chi connectivity index (χ3n) is 9.86. The summed E-state index contributed by atoms with van der Waals surface area (Å²) in [5.74, 6) is 3.45. The molecule has 2 aliphatic carbocycles. The lowest BCUT2D eigenvalue weighted by Gasteiger charge is -2.46. The van der Waals surface area contributed by atoms with Crippen LogP contribution >= 0.6 is 0 Å². The molecule has 0 spiro atoms. The van der Waals surface area contributed by atoms with Crippen LogP contribution in [0.5, 0.6) is 0 Å². The van der Waals surface area contributed by atoms with Gasteiger partial charge in [0.2, 0.25) is 0 Å². The molecule has 0 aliphatic heterocycles. The number of benzene rings is 1. The number of aryl methyl sites for hydroxylation is 1. The van der Waals surface area contributed by atoms with Gasteiger partial charge < -0.3 is 0 Å². The van der Waals surface area contributed by atoms with Gasteiger partial charge in [-0.3, -0.25) is 0 Å². The second kappa shape index (κ2) is 11.0. The Labute approximate surface area is 197 Å². The molecule has 1 aromatic rings. The van der Waals surface area contributed by atoms with Crippen LogP contribution in [0.2, 0.25) is 0 Å². The van der Waals surface area contributed by atoms with Gasteiger partial charge in [-0.2, -0.15) is 0 Å². The van der Waals surface area contributed by atoms with Crippen LogP contribution < -0.4 is 0 Å². The molecule has 3 rings (SSSR count). The Hall–Kier alpha value is -0.920. The summed E-state index contributed by atoms with van der Waals surface area (Å²) >= 11 is 0. The largest absolute Gasteiger partial charge is 0.203 e. The highest BCUT2D eigenvalue weighted by Crippen LogP contribution is 2.50. The van der Waals surface area contributed by atoms with Crippen LogP contribution in [0.4, 0.5) is 8.78 Å². The smallest absolute Gasteiger partial charge is 0.162 e. The van der Waals surface area contributed by atoms with E-state index in [2.05, 4.69) is 34.6 Å². The molecule has 0 heterocycles. The maximum Gasteiger partial charge on any atom is 0.162 e. The van der Waals surface area contributed by atoms with Crippen LogP contribution in [0.3, 0.4) is 0 Å². The molecule has 0 aromatic heterocycles. The zero-order chi connectivity index (χ0) is 23.5. The summed E-state index contributed by atoms with van der Waals surface area (Å²) in [5, 5.41) is 0. The Morgan fingerprint density at radius 1 is 0.938 bits per heavy atom. The van der Waals surface area contributed by atoms with Crippen molar-refractivity contribution in [3.63, 3.8) is 0 Å². The van der Waals surface area contributed by atoms with Gasteiger partial charge in [0.25, 0.3) is 0 Å². The van der Waals surface area contributed by atoms with Crippen LogP contribution in [-0.4, -0.2) is 0 Å². The van der Waals surface area contributed by atoms with Crippen LogP contribution in [0.15, 0.2) is 12.1 Å². The van der Waals surface area contributed by atoms with E-state index >= 15 is 0 Å². The standard InChI is InChI=1S/C30H48F2/c1-7-23-14-15-25(29(32)28(23)31)18-22-10-12-24(13-11-22)27-16-9-21(5)17-26(27)19-30(6,8-2)20(3)4/h14-15,20-22,24,26-27H,7-13,16-19H2,1-6H3. The zero-order valence-electron chi connectivity index (χ0n) is 21.7. The second-order valence-electron chi connectivity index (χ2n) is 12.1. The van der Waals surface area contributed by atoms with Crippen molar-refractivity contribution in [2.75, 3.05) is 0 Å². The molecule has 0 radical (unpaired) electrons. The first-order chi connectivity index (χ1) is 15.2. The van der Waals surface area contributed by atoms with Crippen molar-refractivity contribution >= 4 is 0 Å². The third-order valence-corrected chi connectivity index (χ3v) is 9.86. The maximum absolute atomic E-state index is 14.5. The van der Waals surface area contributed by atoms with Gasteiger partial charge in [0.05, 0.1) is 0 Å². The monoisotopic (exact) mass is 446 g/mol. The summed E-state index contributed by atoms with van der Waals surface area (Å²) in [7, 11) is 0. The highest BCUT2D eigenvalue weighted by Gasteiger charge is 2.40. The molecule has 0 saturated heterocycles. The molecule has 1 aromatic carbocycles. The minimum Gasteiger partial charge on any atom is -0.203 e. The average Bonchev–Trinajstić information content (AvgIpc) is 2.77. The minimum atomic E-state index is -0.623. The molecule has 0 bridgehead atoms. The fourth-order valence-electron chi connectivity index (χ4n) is 6.96. The van der Waals surface area contributed by atoms with E-state index in [1.54, 1.807) is 6.07 Å². The van der Waals surface area contributed by atoms with E-state index in [1.807, 2.05) is 13.0 Å². The van der Waals surface area contributed by atoms with Crippen molar-refractivity contribution in [2.45, 2.75) is 112 Å². The van der Waals surface area contributed by atoms with Crippen molar-refractivity contribution in [1.29, 1.82) is 0 Å². The summed E-state index contributed by atoms with van der Waals surface area (Å²) in [6.07, 6.45) is 13.0. The second-order valence-corrected chi connectivity index (χ2v) is 12.1. The molecule has 0 amide bonds. The first-order valence-corrected chi connectivity index (χ1v) is 13.6. The van der Waals surface area contributed by atoms with E-state index in [1.165, 1.54) is 57.8 Å². The van der Waals surface area contributed by atoms with E-state index in [4.69, 9.17) is 0 Å². The van der Waals surface area contributed by atoms with Gasteiger partial charge >= 0.3 is 0 Å². The van der Waals surface area contributed by atoms with Crippen molar-refractivity contribution in [1.82, 2.24) is 0 Å². The van der Waals surface area contributed by atoms with Gasteiger partial charge in [-0.15, -0.1) is 0 Å². The van der Waals surface area contributed by atoms with E-state index < -0.39 is 11.6 Å². The molecule has 182 valence electrons. The Morgan fingerprint density at radius 3 is 2.16 bits per heavy atom. The van der Waals surface area contributed by atoms with Gasteiger partial charge in [0, 0.05) is 0 Å². The molecule has 0 nitrogen and oxygen atoms in total. The molecule has 32 heavy (non-hydrogen) atoms. The summed E-state index contributed by atoms with van der Waals surface area (Å²) in [6.45, 7) is 14.0. The summed E-state index contributed by atoms with van der Waals surface area (Å²) in [6, 6.07) is 3.62. The summed E-state index contributed by atoms with van der Waals surface area (Å²) in [5.41, 5.74) is 1.53. The van der Waals surface area contributed by atoms with Gasteiger partial charge in [-0.05, 0) is 110 Å². The Morgan fingerprint density at radius 2 is 1.56 bits per heavy atom. The first kappa shape index (κ1) is 25.7. The number of hydrogen-bond acceptors (Lipinski definition) is 0. The fraction of sp³-hybridized carbons (Fsp3) is 0.800. The molecular weight excluding hydrogens is 398 g/mol. The van der Waals surface area contributed by atoms with E-state index in [9.17, 15) is 8.78 Å². The Bertz CT molecular complexity index is 731. The van der Waals surface area contributed by atoms with E-state index in [0.717, 1.165) is 29.6 Å². The summed E-state index contributed by atoms with van der Waals surface area (Å²) < 4.78 is 28.8. The van der Waals surface area contributed by atoms with Gasteiger partial charge in [0.1, 0.15) is 0 Å². The first-order valence-electron chi connectivity index (χ1n) is 13.6. The predicted molar refractivity (Wildman–Crippen MR) is 133 cm³/mol. The van der Waals surface area contributed by atoms with Crippen molar-refractivity contribution in [3.8, 4) is 0 Å². The Balaban J connectivity index is 1.62. The predicted octanol–water partition coefficient (Wildman–Crippen LogP) is 9.39. The molecule has 0 N–H and O–H groups in total. The fourth-order valence-corrected chi connectivity index (χ4v) is 6.96. The van der Waals surface area contributed by atoms with Crippen molar-refractivity contribution < 1.29 is 8.78 Å². The van der Waals surface area contributed by atoms with Crippen LogP contribution in [0, 0.1) is 52.6 Å². The van der Waals surface area contributed by atoms with Crippen LogP contribution in [0.1, 0.15) is 110 Å².